The van der Waals surface area contributed by atoms with Crippen molar-refractivity contribution in [1.29, 1.82) is 0 Å². The SMILES string of the molecule is CC(CCl)CN(CCO)C1CCC1. The fraction of sp³-hybridized carbons (Fsp3) is 1.00. The Morgan fingerprint density at radius 1 is 1.54 bits per heavy atom. The summed E-state index contributed by atoms with van der Waals surface area (Å²) in [6, 6.07) is 0.720. The molecule has 1 aliphatic rings. The van der Waals surface area contributed by atoms with Gasteiger partial charge in [0.05, 0.1) is 6.61 Å². The Labute approximate surface area is 85.9 Å². The molecule has 0 aliphatic heterocycles. The summed E-state index contributed by atoms with van der Waals surface area (Å²) in [6.45, 7) is 4.28. The third kappa shape index (κ3) is 3.45. The zero-order valence-electron chi connectivity index (χ0n) is 8.38. The van der Waals surface area contributed by atoms with Crippen LogP contribution in [0, 0.1) is 5.92 Å². The Morgan fingerprint density at radius 3 is 2.62 bits per heavy atom. The molecule has 0 aromatic heterocycles. The van der Waals surface area contributed by atoms with Crippen molar-refractivity contribution in [3.05, 3.63) is 0 Å². The minimum atomic E-state index is 0.269. The van der Waals surface area contributed by atoms with Crippen LogP contribution in [0.25, 0.3) is 0 Å². The van der Waals surface area contributed by atoms with E-state index in [1.165, 1.54) is 19.3 Å². The summed E-state index contributed by atoms with van der Waals surface area (Å²) in [5.74, 6) is 1.25. The van der Waals surface area contributed by atoms with Gasteiger partial charge in [0.15, 0.2) is 0 Å². The molecule has 0 aromatic carbocycles. The maximum atomic E-state index is 8.92. The predicted octanol–water partition coefficient (Wildman–Crippen LogP) is 1.71. The van der Waals surface area contributed by atoms with Gasteiger partial charge in [0.1, 0.15) is 0 Å². The first kappa shape index (κ1) is 11.3. The van der Waals surface area contributed by atoms with Crippen LogP contribution in [0.15, 0.2) is 0 Å². The minimum Gasteiger partial charge on any atom is -0.395 e. The normalized spacial score (nSPS) is 20.3. The number of halogens is 1. The molecular formula is C10H20ClNO. The lowest BCUT2D eigenvalue weighted by Crippen LogP contribution is -2.44. The lowest BCUT2D eigenvalue weighted by molar-refractivity contribution is 0.0904. The number of nitrogens with zero attached hydrogens (tertiary/aromatic N) is 1. The van der Waals surface area contributed by atoms with Gasteiger partial charge in [-0.1, -0.05) is 13.3 Å². The highest BCUT2D eigenvalue weighted by atomic mass is 35.5. The van der Waals surface area contributed by atoms with E-state index in [4.69, 9.17) is 16.7 Å². The number of aliphatic hydroxyl groups excluding tert-OH is 1. The van der Waals surface area contributed by atoms with E-state index in [0.717, 1.165) is 19.1 Å². The van der Waals surface area contributed by atoms with E-state index >= 15 is 0 Å². The molecular weight excluding hydrogens is 186 g/mol. The first-order chi connectivity index (χ1) is 6.27. The zero-order chi connectivity index (χ0) is 9.68. The van der Waals surface area contributed by atoms with Crippen LogP contribution in [0.2, 0.25) is 0 Å². The molecule has 13 heavy (non-hydrogen) atoms. The van der Waals surface area contributed by atoms with Crippen molar-refractivity contribution in [2.24, 2.45) is 5.92 Å². The van der Waals surface area contributed by atoms with Crippen molar-refractivity contribution in [3.63, 3.8) is 0 Å². The maximum Gasteiger partial charge on any atom is 0.0558 e. The summed E-state index contributed by atoms with van der Waals surface area (Å²) in [7, 11) is 0. The van der Waals surface area contributed by atoms with E-state index < -0.39 is 0 Å². The molecule has 1 saturated carbocycles. The van der Waals surface area contributed by atoms with Gasteiger partial charge in [0.25, 0.3) is 0 Å². The lowest BCUT2D eigenvalue weighted by atomic mass is 9.91. The van der Waals surface area contributed by atoms with Gasteiger partial charge >= 0.3 is 0 Å². The predicted molar refractivity (Wildman–Crippen MR) is 56.2 cm³/mol. The van der Waals surface area contributed by atoms with Gasteiger partial charge in [-0.2, -0.15) is 0 Å². The fourth-order valence-electron chi connectivity index (χ4n) is 1.75. The van der Waals surface area contributed by atoms with E-state index in [1.807, 2.05) is 0 Å². The quantitative estimate of drug-likeness (QED) is 0.668. The van der Waals surface area contributed by atoms with Gasteiger partial charge in [-0.3, -0.25) is 4.90 Å². The first-order valence-corrected chi connectivity index (χ1v) is 5.72. The molecule has 3 heteroatoms. The molecule has 78 valence electrons. The Bertz CT molecular complexity index is 139. The second-order valence-electron chi connectivity index (χ2n) is 4.06. The van der Waals surface area contributed by atoms with E-state index in [-0.39, 0.29) is 6.61 Å². The average molecular weight is 206 g/mol. The third-order valence-corrected chi connectivity index (χ3v) is 3.31. The molecule has 0 amide bonds. The van der Waals surface area contributed by atoms with E-state index in [9.17, 15) is 0 Å². The summed E-state index contributed by atoms with van der Waals surface area (Å²) in [5, 5.41) is 8.92. The van der Waals surface area contributed by atoms with Crippen molar-refractivity contribution < 1.29 is 5.11 Å². The van der Waals surface area contributed by atoms with Crippen LogP contribution in [0.5, 0.6) is 0 Å². The molecule has 0 radical (unpaired) electrons. The molecule has 0 spiro atoms. The molecule has 1 N–H and O–H groups in total. The Kier molecular flexibility index (Phi) is 5.07. The van der Waals surface area contributed by atoms with Gasteiger partial charge in [-0.25, -0.2) is 0 Å². The molecule has 2 nitrogen and oxygen atoms in total. The molecule has 0 aromatic rings. The molecule has 1 aliphatic carbocycles. The Morgan fingerprint density at radius 2 is 2.23 bits per heavy atom. The van der Waals surface area contributed by atoms with Crippen LogP contribution in [0.4, 0.5) is 0 Å². The van der Waals surface area contributed by atoms with Crippen molar-refractivity contribution in [1.82, 2.24) is 4.90 Å². The maximum absolute atomic E-state index is 8.92. The smallest absolute Gasteiger partial charge is 0.0558 e. The highest BCUT2D eigenvalue weighted by Crippen LogP contribution is 2.25. The fourth-order valence-corrected chi connectivity index (χ4v) is 1.85. The topological polar surface area (TPSA) is 23.5 Å². The van der Waals surface area contributed by atoms with Crippen LogP contribution in [-0.4, -0.2) is 41.6 Å². The summed E-state index contributed by atoms with van der Waals surface area (Å²) >= 11 is 5.77. The molecule has 0 saturated heterocycles. The molecule has 1 unspecified atom stereocenters. The van der Waals surface area contributed by atoms with Crippen molar-refractivity contribution >= 4 is 11.6 Å². The largest absolute Gasteiger partial charge is 0.395 e. The molecule has 0 heterocycles. The van der Waals surface area contributed by atoms with E-state index in [2.05, 4.69) is 11.8 Å². The highest BCUT2D eigenvalue weighted by molar-refractivity contribution is 6.18. The van der Waals surface area contributed by atoms with Crippen molar-refractivity contribution in [2.45, 2.75) is 32.2 Å². The number of hydrogen-bond acceptors (Lipinski definition) is 2. The van der Waals surface area contributed by atoms with Gasteiger partial charge in [-0.05, 0) is 18.8 Å². The van der Waals surface area contributed by atoms with Crippen molar-refractivity contribution in [2.75, 3.05) is 25.6 Å². The Balaban J connectivity index is 2.28. The van der Waals surface area contributed by atoms with Crippen LogP contribution < -0.4 is 0 Å². The molecule has 0 bridgehead atoms. The monoisotopic (exact) mass is 205 g/mol. The van der Waals surface area contributed by atoms with Crippen LogP contribution in [0.3, 0.4) is 0 Å². The summed E-state index contributed by atoms with van der Waals surface area (Å²) < 4.78 is 0. The molecule has 1 fully saturated rings. The number of alkyl halides is 1. The number of rotatable bonds is 6. The van der Waals surface area contributed by atoms with Crippen LogP contribution in [0.1, 0.15) is 26.2 Å². The lowest BCUT2D eigenvalue weighted by Gasteiger charge is -2.38. The standard InChI is InChI=1S/C10H20ClNO/c1-9(7-11)8-12(5-6-13)10-3-2-4-10/h9-10,13H,2-8H2,1H3. The van der Waals surface area contributed by atoms with Gasteiger partial charge in [-0.15, -0.1) is 11.6 Å². The van der Waals surface area contributed by atoms with Gasteiger partial charge in [0, 0.05) is 25.0 Å². The third-order valence-electron chi connectivity index (χ3n) is 2.79. The van der Waals surface area contributed by atoms with E-state index in [1.54, 1.807) is 0 Å². The Hall–Kier alpha value is 0.210. The second-order valence-corrected chi connectivity index (χ2v) is 4.37. The first-order valence-electron chi connectivity index (χ1n) is 5.18. The van der Waals surface area contributed by atoms with Crippen LogP contribution in [-0.2, 0) is 0 Å². The zero-order valence-corrected chi connectivity index (χ0v) is 9.13. The van der Waals surface area contributed by atoms with Crippen molar-refractivity contribution in [3.8, 4) is 0 Å². The average Bonchev–Trinajstić information content (AvgIpc) is 2.01. The summed E-state index contributed by atoms with van der Waals surface area (Å²) in [4.78, 5) is 2.39. The number of aliphatic hydroxyl groups is 1. The number of hydrogen-bond donors (Lipinski definition) is 1. The highest BCUT2D eigenvalue weighted by Gasteiger charge is 2.25. The van der Waals surface area contributed by atoms with Gasteiger partial charge in [0.2, 0.25) is 0 Å². The molecule has 1 atom stereocenters. The van der Waals surface area contributed by atoms with E-state index in [0.29, 0.717) is 11.8 Å². The minimum absolute atomic E-state index is 0.269. The summed E-state index contributed by atoms with van der Waals surface area (Å²) in [6.07, 6.45) is 3.95. The summed E-state index contributed by atoms with van der Waals surface area (Å²) in [5.41, 5.74) is 0. The molecule has 1 rings (SSSR count). The van der Waals surface area contributed by atoms with Gasteiger partial charge < -0.3 is 5.11 Å². The van der Waals surface area contributed by atoms with Crippen LogP contribution >= 0.6 is 11.6 Å². The second kappa shape index (κ2) is 5.84.